The van der Waals surface area contributed by atoms with Crippen molar-refractivity contribution in [2.75, 3.05) is 11.9 Å². The highest BCUT2D eigenvalue weighted by Gasteiger charge is 2.08. The van der Waals surface area contributed by atoms with Crippen molar-refractivity contribution < 1.29 is 4.79 Å². The number of unbranched alkanes of at least 4 members (excludes halogenated alkanes) is 1. The van der Waals surface area contributed by atoms with Crippen LogP contribution in [0, 0.1) is 17.2 Å². The van der Waals surface area contributed by atoms with E-state index in [2.05, 4.69) is 30.6 Å². The lowest BCUT2D eigenvalue weighted by Gasteiger charge is -2.15. The summed E-state index contributed by atoms with van der Waals surface area (Å²) in [7, 11) is 0. The summed E-state index contributed by atoms with van der Waals surface area (Å²) in [6.07, 6.45) is 5.04. The number of hydrogen-bond donors (Lipinski definition) is 2. The normalized spacial score (nSPS) is 11.5. The number of hydrogen-bond acceptors (Lipinski definition) is 2. The first-order chi connectivity index (χ1) is 10.2. The Morgan fingerprint density at radius 3 is 2.57 bits per heavy atom. The predicted octanol–water partition coefficient (Wildman–Crippen LogP) is 4.09. The number of carbonyl (C=O) groups excluding carboxylic acids is 1. The maximum atomic E-state index is 11.8. The molecule has 2 N–H and O–H groups in total. The summed E-state index contributed by atoms with van der Waals surface area (Å²) in [5, 5.41) is 14.4. The molecule has 114 valence electrons. The Hall–Kier alpha value is -2.02. The van der Waals surface area contributed by atoms with E-state index in [0.29, 0.717) is 12.3 Å². The Labute approximate surface area is 127 Å². The fraction of sp³-hybridized carbons (Fsp3) is 0.529. The van der Waals surface area contributed by atoms with Crippen LogP contribution >= 0.6 is 0 Å². The van der Waals surface area contributed by atoms with Crippen LogP contribution in [-0.4, -0.2) is 12.6 Å². The van der Waals surface area contributed by atoms with E-state index in [9.17, 15) is 4.79 Å². The SMILES string of the molecule is CCCC[C@H](CC)CNC(=O)Nc1ccc(CC#N)cc1. The molecule has 0 aromatic heterocycles. The van der Waals surface area contributed by atoms with Crippen LogP contribution in [0.25, 0.3) is 0 Å². The summed E-state index contributed by atoms with van der Waals surface area (Å²) in [5.41, 5.74) is 1.70. The first kappa shape index (κ1) is 17.0. The molecule has 0 saturated carbocycles. The topological polar surface area (TPSA) is 64.9 Å². The Kier molecular flexibility index (Phi) is 7.96. The molecule has 4 heteroatoms. The summed E-state index contributed by atoms with van der Waals surface area (Å²) in [5.74, 6) is 0.550. The lowest BCUT2D eigenvalue weighted by Crippen LogP contribution is -2.33. The Morgan fingerprint density at radius 1 is 1.29 bits per heavy atom. The maximum Gasteiger partial charge on any atom is 0.319 e. The standard InChI is InChI=1S/C17H25N3O/c1-3-5-6-14(4-2)13-19-17(21)20-16-9-7-15(8-10-16)11-12-18/h7-10,14H,3-6,11,13H2,1-2H3,(H2,19,20,21)/t14-/m0/s1. The van der Waals surface area contributed by atoms with Gasteiger partial charge in [0.25, 0.3) is 0 Å². The van der Waals surface area contributed by atoms with E-state index < -0.39 is 0 Å². The van der Waals surface area contributed by atoms with E-state index in [1.807, 2.05) is 24.3 Å². The van der Waals surface area contributed by atoms with Gasteiger partial charge in [-0.25, -0.2) is 4.79 Å². The molecule has 0 unspecified atom stereocenters. The fourth-order valence-electron chi connectivity index (χ4n) is 2.15. The number of nitrogens with zero attached hydrogens (tertiary/aromatic N) is 1. The van der Waals surface area contributed by atoms with Gasteiger partial charge in [-0.3, -0.25) is 0 Å². The number of anilines is 1. The third kappa shape index (κ3) is 6.80. The third-order valence-corrected chi connectivity index (χ3v) is 3.59. The van der Waals surface area contributed by atoms with Crippen LogP contribution in [0.4, 0.5) is 10.5 Å². The summed E-state index contributed by atoms with van der Waals surface area (Å²) >= 11 is 0. The Bertz CT molecular complexity index is 462. The molecule has 21 heavy (non-hydrogen) atoms. The van der Waals surface area contributed by atoms with Crippen LogP contribution < -0.4 is 10.6 Å². The number of carbonyl (C=O) groups is 1. The Balaban J connectivity index is 2.37. The first-order valence-corrected chi connectivity index (χ1v) is 7.70. The number of nitrogens with one attached hydrogen (secondary N) is 2. The van der Waals surface area contributed by atoms with Gasteiger partial charge < -0.3 is 10.6 Å². The molecule has 4 nitrogen and oxygen atoms in total. The van der Waals surface area contributed by atoms with Crippen LogP contribution in [0.3, 0.4) is 0 Å². The van der Waals surface area contributed by atoms with Crippen LogP contribution in [0.2, 0.25) is 0 Å². The highest BCUT2D eigenvalue weighted by molar-refractivity contribution is 5.89. The smallest absolute Gasteiger partial charge is 0.319 e. The molecule has 0 aliphatic carbocycles. The van der Waals surface area contributed by atoms with Gasteiger partial charge in [0.15, 0.2) is 0 Å². The molecule has 0 saturated heterocycles. The monoisotopic (exact) mass is 287 g/mol. The van der Waals surface area contributed by atoms with E-state index in [0.717, 1.165) is 30.6 Å². The van der Waals surface area contributed by atoms with Crippen molar-refractivity contribution in [1.82, 2.24) is 5.32 Å². The average Bonchev–Trinajstić information content (AvgIpc) is 2.50. The van der Waals surface area contributed by atoms with Crippen molar-refractivity contribution in [1.29, 1.82) is 5.26 Å². The summed E-state index contributed by atoms with van der Waals surface area (Å²) in [6.45, 7) is 5.06. The number of rotatable bonds is 8. The zero-order valence-electron chi connectivity index (χ0n) is 13.0. The highest BCUT2D eigenvalue weighted by atomic mass is 16.2. The molecule has 0 bridgehead atoms. The van der Waals surface area contributed by atoms with Crippen molar-refractivity contribution >= 4 is 11.7 Å². The molecule has 2 amide bonds. The zero-order valence-corrected chi connectivity index (χ0v) is 13.0. The predicted molar refractivity (Wildman–Crippen MR) is 86.1 cm³/mol. The van der Waals surface area contributed by atoms with Gasteiger partial charge in [-0.05, 0) is 30.0 Å². The van der Waals surface area contributed by atoms with Gasteiger partial charge in [0.1, 0.15) is 0 Å². The van der Waals surface area contributed by atoms with Crippen molar-refractivity contribution in [2.24, 2.45) is 5.92 Å². The lowest BCUT2D eigenvalue weighted by molar-refractivity contribution is 0.249. The molecular weight excluding hydrogens is 262 g/mol. The number of benzene rings is 1. The molecule has 0 fully saturated rings. The number of amides is 2. The first-order valence-electron chi connectivity index (χ1n) is 7.70. The van der Waals surface area contributed by atoms with Gasteiger partial charge in [0.2, 0.25) is 0 Å². The van der Waals surface area contributed by atoms with Gasteiger partial charge in [0, 0.05) is 12.2 Å². The summed E-state index contributed by atoms with van der Waals surface area (Å²) in [4.78, 5) is 11.8. The van der Waals surface area contributed by atoms with E-state index in [-0.39, 0.29) is 6.03 Å². The maximum absolute atomic E-state index is 11.8. The molecule has 0 heterocycles. The van der Waals surface area contributed by atoms with E-state index >= 15 is 0 Å². The minimum atomic E-state index is -0.169. The second kappa shape index (κ2) is 9.82. The largest absolute Gasteiger partial charge is 0.338 e. The Morgan fingerprint density at radius 2 is 2.00 bits per heavy atom. The zero-order chi connectivity index (χ0) is 15.5. The summed E-state index contributed by atoms with van der Waals surface area (Å²) < 4.78 is 0. The minimum Gasteiger partial charge on any atom is -0.338 e. The fourth-order valence-corrected chi connectivity index (χ4v) is 2.15. The highest BCUT2D eigenvalue weighted by Crippen LogP contribution is 2.12. The molecule has 0 spiro atoms. The van der Waals surface area contributed by atoms with E-state index in [1.54, 1.807) is 0 Å². The van der Waals surface area contributed by atoms with Crippen LogP contribution in [0.1, 0.15) is 45.1 Å². The van der Waals surface area contributed by atoms with Gasteiger partial charge in [0.05, 0.1) is 12.5 Å². The van der Waals surface area contributed by atoms with Gasteiger partial charge in [-0.15, -0.1) is 0 Å². The lowest BCUT2D eigenvalue weighted by atomic mass is 9.99. The van der Waals surface area contributed by atoms with E-state index in [4.69, 9.17) is 5.26 Å². The van der Waals surface area contributed by atoms with Crippen LogP contribution in [-0.2, 0) is 6.42 Å². The quantitative estimate of drug-likeness (QED) is 0.756. The van der Waals surface area contributed by atoms with E-state index in [1.165, 1.54) is 12.8 Å². The molecule has 1 atom stereocenters. The van der Waals surface area contributed by atoms with Gasteiger partial charge in [-0.1, -0.05) is 45.2 Å². The molecule has 0 aliphatic heterocycles. The average molecular weight is 287 g/mol. The number of nitriles is 1. The molecule has 1 aromatic carbocycles. The molecule has 0 aliphatic rings. The second-order valence-electron chi connectivity index (χ2n) is 5.28. The van der Waals surface area contributed by atoms with Crippen molar-refractivity contribution in [3.8, 4) is 6.07 Å². The second-order valence-corrected chi connectivity index (χ2v) is 5.28. The molecule has 1 rings (SSSR count). The molecule has 1 aromatic rings. The molecular formula is C17H25N3O. The van der Waals surface area contributed by atoms with Crippen LogP contribution in [0.15, 0.2) is 24.3 Å². The number of urea groups is 1. The van der Waals surface area contributed by atoms with Crippen molar-refractivity contribution in [2.45, 2.75) is 46.0 Å². The summed E-state index contributed by atoms with van der Waals surface area (Å²) in [6, 6.07) is 9.28. The van der Waals surface area contributed by atoms with Crippen LogP contribution in [0.5, 0.6) is 0 Å². The third-order valence-electron chi connectivity index (χ3n) is 3.59. The van der Waals surface area contributed by atoms with Crippen molar-refractivity contribution in [3.05, 3.63) is 29.8 Å². The molecule has 0 radical (unpaired) electrons. The minimum absolute atomic E-state index is 0.169. The van der Waals surface area contributed by atoms with Gasteiger partial charge >= 0.3 is 6.03 Å². The van der Waals surface area contributed by atoms with Crippen molar-refractivity contribution in [3.63, 3.8) is 0 Å². The van der Waals surface area contributed by atoms with Gasteiger partial charge in [-0.2, -0.15) is 5.26 Å².